The molecule has 0 aliphatic carbocycles. The zero-order valence-corrected chi connectivity index (χ0v) is 15.2. The van der Waals surface area contributed by atoms with Crippen molar-refractivity contribution in [1.82, 2.24) is 14.9 Å². The van der Waals surface area contributed by atoms with E-state index in [1.807, 2.05) is 20.8 Å². The van der Waals surface area contributed by atoms with Gasteiger partial charge in [0.25, 0.3) is 0 Å². The second-order valence-corrected chi connectivity index (χ2v) is 7.33. The van der Waals surface area contributed by atoms with Crippen molar-refractivity contribution in [3.63, 3.8) is 0 Å². The average Bonchev–Trinajstić information content (AvgIpc) is 2.53. The van der Waals surface area contributed by atoms with E-state index in [9.17, 15) is 9.90 Å². The number of aromatic nitrogens is 2. The lowest BCUT2D eigenvalue weighted by atomic mass is 10.2. The maximum absolute atomic E-state index is 12.1. The van der Waals surface area contributed by atoms with E-state index in [4.69, 9.17) is 16.3 Å². The highest BCUT2D eigenvalue weighted by Crippen LogP contribution is 2.32. The standard InChI is InChI=1S/C17H21ClN4O3/c1-17(2,3)25-16(24)22-8-6-21(7-9-22)12-10-19-15-11(14(12)18)4-5-13(23)20-15/h4-5,10H,6-9H2,1-3H3,(H,19,20,23). The van der Waals surface area contributed by atoms with Crippen LogP contribution in [0, 0.1) is 0 Å². The molecular weight excluding hydrogens is 344 g/mol. The summed E-state index contributed by atoms with van der Waals surface area (Å²) in [5.41, 5.74) is 0.699. The highest BCUT2D eigenvalue weighted by Gasteiger charge is 2.27. The van der Waals surface area contributed by atoms with Gasteiger partial charge in [-0.3, -0.25) is 0 Å². The number of hydrogen-bond donors (Lipinski definition) is 1. The number of halogens is 1. The van der Waals surface area contributed by atoms with Gasteiger partial charge in [-0.2, -0.15) is 4.98 Å². The van der Waals surface area contributed by atoms with E-state index >= 15 is 0 Å². The van der Waals surface area contributed by atoms with Crippen LogP contribution in [0.2, 0.25) is 5.02 Å². The van der Waals surface area contributed by atoms with Crippen molar-refractivity contribution in [2.24, 2.45) is 0 Å². The molecule has 0 saturated carbocycles. The first kappa shape index (κ1) is 17.5. The molecule has 3 heterocycles. The van der Waals surface area contributed by atoms with Crippen molar-refractivity contribution in [3.05, 3.63) is 23.4 Å². The Morgan fingerprint density at radius 3 is 2.56 bits per heavy atom. The summed E-state index contributed by atoms with van der Waals surface area (Å²) in [7, 11) is 0. The SMILES string of the molecule is CC(C)(C)OC(=O)N1CCN(c2cnc3nc(O)ccc3c2Cl)CC1. The fourth-order valence-electron chi connectivity index (χ4n) is 2.70. The van der Waals surface area contributed by atoms with E-state index in [0.717, 1.165) is 5.69 Å². The third kappa shape index (κ3) is 3.87. The Hall–Kier alpha value is -2.28. The van der Waals surface area contributed by atoms with Crippen LogP contribution in [0.3, 0.4) is 0 Å². The molecule has 1 saturated heterocycles. The number of carbonyl (C=O) groups is 1. The van der Waals surface area contributed by atoms with Gasteiger partial charge in [-0.15, -0.1) is 0 Å². The molecule has 1 aliphatic heterocycles. The number of amides is 1. The number of carbonyl (C=O) groups excluding carboxylic acids is 1. The quantitative estimate of drug-likeness (QED) is 0.837. The van der Waals surface area contributed by atoms with Crippen LogP contribution in [0.25, 0.3) is 11.0 Å². The average molecular weight is 365 g/mol. The second-order valence-electron chi connectivity index (χ2n) is 6.95. The van der Waals surface area contributed by atoms with E-state index in [-0.39, 0.29) is 12.0 Å². The minimum absolute atomic E-state index is 0.0882. The Labute approximate surface area is 151 Å². The number of fused-ring (bicyclic) bond motifs is 1. The molecule has 134 valence electrons. The topological polar surface area (TPSA) is 78.8 Å². The minimum atomic E-state index is -0.502. The predicted octanol–water partition coefficient (Wildman–Crippen LogP) is 3.05. The number of hydrogen-bond acceptors (Lipinski definition) is 6. The molecule has 0 aromatic carbocycles. The number of anilines is 1. The lowest BCUT2D eigenvalue weighted by molar-refractivity contribution is 0.0240. The molecule has 2 aromatic heterocycles. The van der Waals surface area contributed by atoms with E-state index in [0.29, 0.717) is 42.2 Å². The molecule has 8 heteroatoms. The van der Waals surface area contributed by atoms with Crippen LogP contribution in [0.15, 0.2) is 18.3 Å². The van der Waals surface area contributed by atoms with Crippen LogP contribution >= 0.6 is 11.6 Å². The highest BCUT2D eigenvalue weighted by atomic mass is 35.5. The summed E-state index contributed by atoms with van der Waals surface area (Å²) >= 11 is 6.50. The smallest absolute Gasteiger partial charge is 0.410 e. The highest BCUT2D eigenvalue weighted by molar-refractivity contribution is 6.37. The van der Waals surface area contributed by atoms with Gasteiger partial charge in [-0.1, -0.05) is 11.6 Å². The van der Waals surface area contributed by atoms with Crippen molar-refractivity contribution >= 4 is 34.4 Å². The number of piperazine rings is 1. The van der Waals surface area contributed by atoms with Crippen molar-refractivity contribution in [3.8, 4) is 5.88 Å². The first-order valence-corrected chi connectivity index (χ1v) is 8.49. The lowest BCUT2D eigenvalue weighted by Crippen LogP contribution is -2.50. The molecule has 0 unspecified atom stereocenters. The summed E-state index contributed by atoms with van der Waals surface area (Å²) in [6, 6.07) is 3.19. The minimum Gasteiger partial charge on any atom is -0.493 e. The summed E-state index contributed by atoms with van der Waals surface area (Å²) in [5.74, 6) is -0.0882. The normalized spacial score (nSPS) is 15.5. The maximum atomic E-state index is 12.1. The molecule has 0 radical (unpaired) electrons. The predicted molar refractivity (Wildman–Crippen MR) is 96.2 cm³/mol. The van der Waals surface area contributed by atoms with Crippen molar-refractivity contribution in [1.29, 1.82) is 0 Å². The number of ether oxygens (including phenoxy) is 1. The van der Waals surface area contributed by atoms with Crippen LogP contribution in [0.1, 0.15) is 20.8 Å². The zero-order valence-electron chi connectivity index (χ0n) is 14.5. The summed E-state index contributed by atoms with van der Waals surface area (Å²) < 4.78 is 5.41. The molecule has 1 fully saturated rings. The Morgan fingerprint density at radius 2 is 1.92 bits per heavy atom. The largest absolute Gasteiger partial charge is 0.493 e. The van der Waals surface area contributed by atoms with Crippen LogP contribution in [-0.4, -0.2) is 57.8 Å². The van der Waals surface area contributed by atoms with Gasteiger partial charge >= 0.3 is 6.09 Å². The molecule has 1 N–H and O–H groups in total. The Balaban J connectivity index is 1.73. The molecule has 0 atom stereocenters. The maximum Gasteiger partial charge on any atom is 0.410 e. The molecule has 3 rings (SSSR count). The Morgan fingerprint density at radius 1 is 1.24 bits per heavy atom. The third-order valence-corrected chi connectivity index (χ3v) is 4.30. The number of aromatic hydroxyl groups is 1. The van der Waals surface area contributed by atoms with E-state index < -0.39 is 5.60 Å². The van der Waals surface area contributed by atoms with E-state index in [2.05, 4.69) is 14.9 Å². The number of nitrogens with zero attached hydrogens (tertiary/aromatic N) is 4. The molecule has 0 bridgehead atoms. The van der Waals surface area contributed by atoms with Crippen LogP contribution < -0.4 is 4.90 Å². The van der Waals surface area contributed by atoms with Crippen LogP contribution in [0.4, 0.5) is 10.5 Å². The van der Waals surface area contributed by atoms with Crippen molar-refractivity contribution in [2.75, 3.05) is 31.1 Å². The first-order chi connectivity index (χ1) is 11.7. The van der Waals surface area contributed by atoms with Gasteiger partial charge in [-0.05, 0) is 26.8 Å². The molecule has 0 spiro atoms. The van der Waals surface area contributed by atoms with Gasteiger partial charge in [0.05, 0.1) is 16.9 Å². The molecular formula is C17H21ClN4O3. The summed E-state index contributed by atoms with van der Waals surface area (Å²) in [6.07, 6.45) is 1.36. The summed E-state index contributed by atoms with van der Waals surface area (Å²) in [4.78, 5) is 24.2. The molecule has 25 heavy (non-hydrogen) atoms. The monoisotopic (exact) mass is 364 g/mol. The van der Waals surface area contributed by atoms with Gasteiger partial charge in [0.1, 0.15) is 5.60 Å². The van der Waals surface area contributed by atoms with Gasteiger partial charge in [0.15, 0.2) is 5.65 Å². The van der Waals surface area contributed by atoms with E-state index in [1.54, 1.807) is 17.2 Å². The molecule has 2 aromatic rings. The Kier molecular flexibility index (Phi) is 4.60. The van der Waals surface area contributed by atoms with Crippen molar-refractivity contribution < 1.29 is 14.6 Å². The third-order valence-electron chi connectivity index (χ3n) is 3.90. The van der Waals surface area contributed by atoms with Gasteiger partial charge < -0.3 is 19.6 Å². The van der Waals surface area contributed by atoms with Crippen LogP contribution in [-0.2, 0) is 4.74 Å². The van der Waals surface area contributed by atoms with Gasteiger partial charge in [0.2, 0.25) is 5.88 Å². The van der Waals surface area contributed by atoms with E-state index in [1.165, 1.54) is 6.07 Å². The van der Waals surface area contributed by atoms with Gasteiger partial charge in [0, 0.05) is 37.6 Å². The molecule has 1 amide bonds. The summed E-state index contributed by atoms with van der Waals surface area (Å²) in [6.45, 7) is 7.94. The molecule has 1 aliphatic rings. The number of rotatable bonds is 1. The molecule has 7 nitrogen and oxygen atoms in total. The Bertz CT molecular complexity index is 798. The lowest BCUT2D eigenvalue weighted by Gasteiger charge is -2.37. The summed E-state index contributed by atoms with van der Waals surface area (Å²) in [5, 5.41) is 10.7. The first-order valence-electron chi connectivity index (χ1n) is 8.12. The number of pyridine rings is 2. The second kappa shape index (κ2) is 6.55. The van der Waals surface area contributed by atoms with Crippen molar-refractivity contribution in [2.45, 2.75) is 26.4 Å². The fraction of sp³-hybridized carbons (Fsp3) is 0.471. The fourth-order valence-corrected chi connectivity index (χ4v) is 3.02. The zero-order chi connectivity index (χ0) is 18.2. The van der Waals surface area contributed by atoms with Crippen LogP contribution in [0.5, 0.6) is 5.88 Å². The van der Waals surface area contributed by atoms with Gasteiger partial charge in [-0.25, -0.2) is 9.78 Å².